The van der Waals surface area contributed by atoms with Gasteiger partial charge in [-0.3, -0.25) is 4.79 Å². The molecule has 4 rings (SSSR count). The minimum Gasteiger partial charge on any atom is -0.451 e. The number of anilines is 1. The van der Waals surface area contributed by atoms with Crippen LogP contribution in [0.5, 0.6) is 0 Å². The number of aryl methyl sites for hydroxylation is 1. The molecule has 4 nitrogen and oxygen atoms in total. The van der Waals surface area contributed by atoms with E-state index in [0.717, 1.165) is 41.6 Å². The predicted octanol–water partition coefficient (Wildman–Crippen LogP) is 4.60. The van der Waals surface area contributed by atoms with Gasteiger partial charge in [-0.2, -0.15) is 0 Å². The molecule has 1 atom stereocenters. The van der Waals surface area contributed by atoms with Crippen molar-refractivity contribution in [1.29, 1.82) is 0 Å². The van der Waals surface area contributed by atoms with Gasteiger partial charge in [0, 0.05) is 30.2 Å². The smallest absolute Gasteiger partial charge is 0.289 e. The van der Waals surface area contributed by atoms with Crippen LogP contribution in [0, 0.1) is 12.7 Å². The highest BCUT2D eigenvalue weighted by Gasteiger charge is 2.26. The second kappa shape index (κ2) is 6.83. The van der Waals surface area contributed by atoms with Crippen molar-refractivity contribution in [3.05, 3.63) is 65.7 Å². The highest BCUT2D eigenvalue weighted by molar-refractivity contribution is 5.96. The van der Waals surface area contributed by atoms with Crippen molar-refractivity contribution in [3.8, 4) is 0 Å². The summed E-state index contributed by atoms with van der Waals surface area (Å²) in [6.45, 7) is 3.30. The van der Waals surface area contributed by atoms with Crippen molar-refractivity contribution in [2.75, 3.05) is 18.4 Å². The number of para-hydroxylation sites is 1. The van der Waals surface area contributed by atoms with E-state index in [1.807, 2.05) is 36.1 Å². The number of piperidine rings is 1. The molecule has 1 fully saturated rings. The first-order valence-electron chi connectivity index (χ1n) is 8.91. The number of carbonyl (C=O) groups excluding carboxylic acids is 1. The second-order valence-corrected chi connectivity index (χ2v) is 6.85. The Morgan fingerprint density at radius 2 is 2.04 bits per heavy atom. The van der Waals surface area contributed by atoms with Crippen molar-refractivity contribution < 1.29 is 13.6 Å². The Morgan fingerprint density at radius 1 is 1.23 bits per heavy atom. The van der Waals surface area contributed by atoms with Crippen LogP contribution in [0.1, 0.15) is 29.0 Å². The van der Waals surface area contributed by atoms with E-state index in [2.05, 4.69) is 5.32 Å². The van der Waals surface area contributed by atoms with E-state index < -0.39 is 0 Å². The van der Waals surface area contributed by atoms with Gasteiger partial charge in [0.05, 0.1) is 0 Å². The molecular formula is C21H21FN2O2. The molecular weight excluding hydrogens is 331 g/mol. The number of amides is 1. The average molecular weight is 352 g/mol. The summed E-state index contributed by atoms with van der Waals surface area (Å²) in [6.07, 6.45) is 1.89. The van der Waals surface area contributed by atoms with Gasteiger partial charge in [0.2, 0.25) is 0 Å². The number of hydrogen-bond donors (Lipinski definition) is 1. The van der Waals surface area contributed by atoms with Crippen LogP contribution in [-0.4, -0.2) is 29.9 Å². The Bertz CT molecular complexity index is 933. The van der Waals surface area contributed by atoms with Gasteiger partial charge in [-0.15, -0.1) is 0 Å². The molecule has 1 aliphatic heterocycles. The van der Waals surface area contributed by atoms with Crippen molar-refractivity contribution in [2.45, 2.75) is 25.8 Å². The maximum atomic E-state index is 13.0. The molecule has 2 aromatic carbocycles. The summed E-state index contributed by atoms with van der Waals surface area (Å²) in [7, 11) is 0. The minimum absolute atomic E-state index is 0.0776. The normalized spacial score (nSPS) is 17.5. The van der Waals surface area contributed by atoms with Crippen molar-refractivity contribution in [1.82, 2.24) is 4.90 Å². The lowest BCUT2D eigenvalue weighted by molar-refractivity contribution is 0.0685. The van der Waals surface area contributed by atoms with E-state index in [-0.39, 0.29) is 17.8 Å². The van der Waals surface area contributed by atoms with E-state index in [1.54, 1.807) is 12.1 Å². The molecule has 1 amide bonds. The highest BCUT2D eigenvalue weighted by Crippen LogP contribution is 2.25. The maximum Gasteiger partial charge on any atom is 0.289 e. The first kappa shape index (κ1) is 16.6. The molecule has 0 spiro atoms. The molecule has 0 bridgehead atoms. The predicted molar refractivity (Wildman–Crippen MR) is 99.9 cm³/mol. The van der Waals surface area contributed by atoms with Crippen LogP contribution >= 0.6 is 0 Å². The summed E-state index contributed by atoms with van der Waals surface area (Å²) < 4.78 is 18.9. The van der Waals surface area contributed by atoms with E-state index in [9.17, 15) is 9.18 Å². The number of likely N-dealkylation sites (tertiary alicyclic amines) is 1. The SMILES string of the molecule is Cc1cccc2cc(C(=O)N3CCCC(Nc4ccc(F)cc4)C3)oc12. The van der Waals surface area contributed by atoms with E-state index in [4.69, 9.17) is 4.42 Å². The lowest BCUT2D eigenvalue weighted by Gasteiger charge is -2.33. The highest BCUT2D eigenvalue weighted by atomic mass is 19.1. The average Bonchev–Trinajstić information content (AvgIpc) is 3.09. The molecule has 1 unspecified atom stereocenters. The summed E-state index contributed by atoms with van der Waals surface area (Å²) >= 11 is 0. The summed E-state index contributed by atoms with van der Waals surface area (Å²) in [6, 6.07) is 14.2. The monoisotopic (exact) mass is 352 g/mol. The Kier molecular flexibility index (Phi) is 4.37. The zero-order valence-electron chi connectivity index (χ0n) is 14.7. The van der Waals surface area contributed by atoms with E-state index in [0.29, 0.717) is 12.3 Å². The fourth-order valence-electron chi connectivity index (χ4n) is 3.53. The summed E-state index contributed by atoms with van der Waals surface area (Å²) in [5, 5.41) is 4.34. The van der Waals surface area contributed by atoms with Gasteiger partial charge >= 0.3 is 0 Å². The van der Waals surface area contributed by atoms with Gasteiger partial charge in [-0.05, 0) is 55.7 Å². The quantitative estimate of drug-likeness (QED) is 0.749. The van der Waals surface area contributed by atoms with Crippen molar-refractivity contribution in [2.24, 2.45) is 0 Å². The van der Waals surface area contributed by atoms with Gasteiger partial charge in [-0.1, -0.05) is 18.2 Å². The van der Waals surface area contributed by atoms with Crippen LogP contribution < -0.4 is 5.32 Å². The summed E-state index contributed by atoms with van der Waals surface area (Å²) in [5.74, 6) is 0.0547. The van der Waals surface area contributed by atoms with E-state index in [1.165, 1.54) is 12.1 Å². The Balaban J connectivity index is 1.48. The Morgan fingerprint density at radius 3 is 2.81 bits per heavy atom. The molecule has 1 aromatic heterocycles. The number of halogens is 1. The molecule has 2 heterocycles. The molecule has 5 heteroatoms. The molecule has 1 saturated heterocycles. The van der Waals surface area contributed by atoms with Gasteiger partial charge in [0.25, 0.3) is 5.91 Å². The third-order valence-electron chi connectivity index (χ3n) is 4.88. The van der Waals surface area contributed by atoms with Crippen molar-refractivity contribution >= 4 is 22.6 Å². The minimum atomic E-state index is -0.254. The number of carbonyl (C=O) groups is 1. The largest absolute Gasteiger partial charge is 0.451 e. The van der Waals surface area contributed by atoms with Crippen LogP contribution in [-0.2, 0) is 0 Å². The fraction of sp³-hybridized carbons (Fsp3) is 0.286. The molecule has 1 N–H and O–H groups in total. The zero-order chi connectivity index (χ0) is 18.1. The zero-order valence-corrected chi connectivity index (χ0v) is 14.7. The van der Waals surface area contributed by atoms with Crippen LogP contribution in [0.4, 0.5) is 10.1 Å². The topological polar surface area (TPSA) is 45.5 Å². The molecule has 0 radical (unpaired) electrons. The molecule has 0 saturated carbocycles. The van der Waals surface area contributed by atoms with Gasteiger partial charge in [-0.25, -0.2) is 4.39 Å². The first-order chi connectivity index (χ1) is 12.6. The number of nitrogens with zero attached hydrogens (tertiary/aromatic N) is 1. The van der Waals surface area contributed by atoms with Gasteiger partial charge in [0.1, 0.15) is 11.4 Å². The summed E-state index contributed by atoms with van der Waals surface area (Å²) in [4.78, 5) is 14.7. The second-order valence-electron chi connectivity index (χ2n) is 6.85. The fourth-order valence-corrected chi connectivity index (χ4v) is 3.53. The third kappa shape index (κ3) is 3.29. The van der Waals surface area contributed by atoms with Crippen LogP contribution in [0.2, 0.25) is 0 Å². The lowest BCUT2D eigenvalue weighted by atomic mass is 10.0. The van der Waals surface area contributed by atoms with Crippen LogP contribution in [0.3, 0.4) is 0 Å². The first-order valence-corrected chi connectivity index (χ1v) is 8.91. The number of furan rings is 1. The number of benzene rings is 2. The van der Waals surface area contributed by atoms with Gasteiger partial charge < -0.3 is 14.6 Å². The van der Waals surface area contributed by atoms with Crippen molar-refractivity contribution in [3.63, 3.8) is 0 Å². The molecule has 3 aromatic rings. The molecule has 134 valence electrons. The van der Waals surface area contributed by atoms with Crippen LogP contribution in [0.15, 0.2) is 52.9 Å². The maximum absolute atomic E-state index is 13.0. The standard InChI is InChI=1S/C21H21FN2O2/c1-14-4-2-5-15-12-19(26-20(14)15)21(25)24-11-3-6-18(13-24)23-17-9-7-16(22)8-10-17/h2,4-5,7-10,12,18,23H,3,6,11,13H2,1H3. The number of rotatable bonds is 3. The molecule has 26 heavy (non-hydrogen) atoms. The third-order valence-corrected chi connectivity index (χ3v) is 4.88. The van der Waals surface area contributed by atoms with Gasteiger partial charge in [0.15, 0.2) is 5.76 Å². The Labute approximate surface area is 151 Å². The molecule has 1 aliphatic rings. The number of hydrogen-bond acceptors (Lipinski definition) is 3. The Hall–Kier alpha value is -2.82. The number of fused-ring (bicyclic) bond motifs is 1. The van der Waals surface area contributed by atoms with Crippen LogP contribution in [0.25, 0.3) is 11.0 Å². The molecule has 0 aliphatic carbocycles. The lowest BCUT2D eigenvalue weighted by Crippen LogP contribution is -2.45. The number of nitrogens with one attached hydrogen (secondary N) is 1. The summed E-state index contributed by atoms with van der Waals surface area (Å²) in [5.41, 5.74) is 2.66. The van der Waals surface area contributed by atoms with E-state index >= 15 is 0 Å².